The Kier molecular flexibility index (Phi) is 12.4. The van der Waals surface area contributed by atoms with Gasteiger partial charge in [0.05, 0.1) is 15.7 Å². The quantitative estimate of drug-likeness (QED) is 0.225. The van der Waals surface area contributed by atoms with Crippen LogP contribution in [0, 0.1) is 13.8 Å². The van der Waals surface area contributed by atoms with Crippen LogP contribution in [0.4, 0.5) is 5.69 Å². The van der Waals surface area contributed by atoms with Gasteiger partial charge >= 0.3 is 10.2 Å². The molecular weight excluding hydrogens is 607 g/mol. The van der Waals surface area contributed by atoms with Crippen molar-refractivity contribution in [1.82, 2.24) is 14.5 Å². The minimum atomic E-state index is -4.09. The molecule has 0 aliphatic rings. The maximum atomic E-state index is 14.4. The van der Waals surface area contributed by atoms with Crippen molar-refractivity contribution in [1.29, 1.82) is 0 Å². The molecule has 0 heterocycles. The van der Waals surface area contributed by atoms with Gasteiger partial charge in [0.1, 0.15) is 12.6 Å². The molecule has 0 spiro atoms. The molecule has 0 aromatic heterocycles. The highest BCUT2D eigenvalue weighted by atomic mass is 35.5. The molecule has 0 radical (unpaired) electrons. The normalized spacial score (nSPS) is 12.2. The molecule has 1 atom stereocenters. The summed E-state index contributed by atoms with van der Waals surface area (Å²) in [5.74, 6) is -0.858. The Bertz CT molecular complexity index is 1520. The maximum Gasteiger partial charge on any atom is 0.304 e. The summed E-state index contributed by atoms with van der Waals surface area (Å²) in [7, 11) is -1.24. The van der Waals surface area contributed by atoms with Crippen molar-refractivity contribution in [2.24, 2.45) is 0 Å². The molecule has 0 fully saturated rings. The van der Waals surface area contributed by atoms with E-state index in [4.69, 9.17) is 23.2 Å². The van der Waals surface area contributed by atoms with E-state index in [0.717, 1.165) is 32.6 Å². The van der Waals surface area contributed by atoms with Gasteiger partial charge in [-0.3, -0.25) is 9.59 Å². The minimum absolute atomic E-state index is 0.0110. The van der Waals surface area contributed by atoms with Crippen molar-refractivity contribution in [2.45, 2.75) is 52.6 Å². The van der Waals surface area contributed by atoms with Gasteiger partial charge in [-0.15, -0.1) is 0 Å². The zero-order chi connectivity index (χ0) is 31.7. The molecule has 0 aliphatic heterocycles. The summed E-state index contributed by atoms with van der Waals surface area (Å²) in [6, 6.07) is 19.0. The minimum Gasteiger partial charge on any atom is -0.354 e. The highest BCUT2D eigenvalue weighted by Gasteiger charge is 2.35. The molecule has 0 bridgehead atoms. The van der Waals surface area contributed by atoms with Crippen molar-refractivity contribution in [3.63, 3.8) is 0 Å². The first-order valence-corrected chi connectivity index (χ1v) is 16.3. The number of carbonyl (C=O) groups excluding carboxylic acids is 2. The van der Waals surface area contributed by atoms with Gasteiger partial charge in [-0.2, -0.15) is 12.7 Å². The van der Waals surface area contributed by atoms with E-state index < -0.39 is 28.7 Å². The van der Waals surface area contributed by atoms with Crippen LogP contribution >= 0.6 is 23.2 Å². The monoisotopic (exact) mass is 646 g/mol. The third kappa shape index (κ3) is 9.19. The van der Waals surface area contributed by atoms with Crippen LogP contribution in [0.25, 0.3) is 0 Å². The number of carbonyl (C=O) groups is 2. The van der Waals surface area contributed by atoms with Crippen molar-refractivity contribution in [2.75, 3.05) is 31.5 Å². The summed E-state index contributed by atoms with van der Waals surface area (Å²) in [4.78, 5) is 29.6. The second kappa shape index (κ2) is 15.6. The van der Waals surface area contributed by atoms with Gasteiger partial charge in [-0.25, -0.2) is 4.31 Å². The van der Waals surface area contributed by atoms with Crippen LogP contribution in [0.5, 0.6) is 0 Å². The van der Waals surface area contributed by atoms with Crippen molar-refractivity contribution >= 4 is 50.9 Å². The van der Waals surface area contributed by atoms with Crippen LogP contribution in [-0.2, 0) is 32.8 Å². The van der Waals surface area contributed by atoms with E-state index in [0.29, 0.717) is 33.4 Å². The molecule has 0 saturated heterocycles. The van der Waals surface area contributed by atoms with E-state index in [1.165, 1.54) is 19.0 Å². The van der Waals surface area contributed by atoms with Gasteiger partial charge < -0.3 is 10.2 Å². The molecule has 2 amide bonds. The number of hydrogen-bond acceptors (Lipinski definition) is 4. The average Bonchev–Trinajstić information content (AvgIpc) is 2.97. The predicted octanol–water partition coefficient (Wildman–Crippen LogP) is 5.78. The summed E-state index contributed by atoms with van der Waals surface area (Å²) < 4.78 is 29.4. The number of amides is 2. The summed E-state index contributed by atoms with van der Waals surface area (Å²) >= 11 is 12.5. The fourth-order valence-electron chi connectivity index (χ4n) is 4.58. The molecule has 3 aromatic rings. The van der Waals surface area contributed by atoms with E-state index in [2.05, 4.69) is 5.32 Å². The number of aryl methyl sites for hydroxylation is 2. The number of unbranched alkanes of at least 4 members (excludes halogenated alkanes) is 1. The van der Waals surface area contributed by atoms with Crippen molar-refractivity contribution in [3.8, 4) is 0 Å². The first-order valence-electron chi connectivity index (χ1n) is 14.2. The first-order chi connectivity index (χ1) is 20.3. The first kappa shape index (κ1) is 34.4. The smallest absolute Gasteiger partial charge is 0.304 e. The Labute approximate surface area is 265 Å². The predicted molar refractivity (Wildman–Crippen MR) is 175 cm³/mol. The fraction of sp³-hybridized carbons (Fsp3) is 0.375. The number of benzene rings is 3. The van der Waals surface area contributed by atoms with E-state index in [9.17, 15) is 18.0 Å². The Balaban J connectivity index is 2.13. The lowest BCUT2D eigenvalue weighted by molar-refractivity contribution is -0.140. The second-order valence-electron chi connectivity index (χ2n) is 10.7. The SMILES string of the molecule is CCCCNC(=O)[C@H](Cc1ccccc1)N(Cc1ccc(Cl)c(Cl)c1)C(=O)CN(c1cc(C)ccc1C)S(=O)(=O)N(C)C. The van der Waals surface area contributed by atoms with Crippen LogP contribution in [0.1, 0.15) is 42.0 Å². The van der Waals surface area contributed by atoms with E-state index >= 15 is 0 Å². The van der Waals surface area contributed by atoms with Gasteiger partial charge in [-0.1, -0.05) is 85.1 Å². The largest absolute Gasteiger partial charge is 0.354 e. The van der Waals surface area contributed by atoms with E-state index in [-0.39, 0.29) is 18.9 Å². The lowest BCUT2D eigenvalue weighted by Gasteiger charge is -2.35. The highest BCUT2D eigenvalue weighted by Crippen LogP contribution is 2.27. The van der Waals surface area contributed by atoms with Crippen LogP contribution in [0.15, 0.2) is 66.7 Å². The highest BCUT2D eigenvalue weighted by molar-refractivity contribution is 7.90. The van der Waals surface area contributed by atoms with Gasteiger partial charge in [0, 0.05) is 33.6 Å². The van der Waals surface area contributed by atoms with Gasteiger partial charge in [0.2, 0.25) is 11.8 Å². The lowest BCUT2D eigenvalue weighted by atomic mass is 10.0. The Morgan fingerprint density at radius 2 is 1.60 bits per heavy atom. The molecule has 11 heteroatoms. The standard InChI is InChI=1S/C32H40Cl2N4O4S/c1-6-7-17-35-32(40)30(20-25-11-9-8-10-12-25)37(21-26-15-16-27(33)28(34)19-26)31(39)22-38(43(41,42)36(4)5)29-18-23(2)13-14-24(29)3/h8-16,18-19,30H,6-7,17,20-22H2,1-5H3,(H,35,40)/t30-/m0/s1. The Morgan fingerprint density at radius 3 is 2.23 bits per heavy atom. The summed E-state index contributed by atoms with van der Waals surface area (Å²) in [6.45, 7) is 5.64. The molecule has 43 heavy (non-hydrogen) atoms. The summed E-state index contributed by atoms with van der Waals surface area (Å²) in [5, 5.41) is 3.65. The van der Waals surface area contributed by atoms with E-state index in [1.54, 1.807) is 31.2 Å². The zero-order valence-corrected chi connectivity index (χ0v) is 27.6. The van der Waals surface area contributed by atoms with Crippen LogP contribution in [-0.4, -0.2) is 62.7 Å². The van der Waals surface area contributed by atoms with Crippen molar-refractivity contribution in [3.05, 3.63) is 99.0 Å². The van der Waals surface area contributed by atoms with Crippen LogP contribution in [0.2, 0.25) is 10.0 Å². The number of rotatable bonds is 14. The molecule has 0 saturated carbocycles. The van der Waals surface area contributed by atoms with Gasteiger partial charge in [0.15, 0.2) is 0 Å². The lowest BCUT2D eigenvalue weighted by Crippen LogP contribution is -2.54. The van der Waals surface area contributed by atoms with Gasteiger partial charge in [-0.05, 0) is 60.7 Å². The number of hydrogen-bond donors (Lipinski definition) is 1. The molecule has 3 rings (SSSR count). The molecular formula is C32H40Cl2N4O4S. The third-order valence-electron chi connectivity index (χ3n) is 7.09. The van der Waals surface area contributed by atoms with E-state index in [1.807, 2.05) is 56.3 Å². The number of halogens is 2. The number of nitrogens with zero attached hydrogens (tertiary/aromatic N) is 3. The summed E-state index contributed by atoms with van der Waals surface area (Å²) in [5.41, 5.74) is 3.44. The zero-order valence-electron chi connectivity index (χ0n) is 25.3. The molecule has 3 aromatic carbocycles. The third-order valence-corrected chi connectivity index (χ3v) is 9.63. The van der Waals surface area contributed by atoms with Crippen molar-refractivity contribution < 1.29 is 18.0 Å². The summed E-state index contributed by atoms with van der Waals surface area (Å²) in [6.07, 6.45) is 1.91. The topological polar surface area (TPSA) is 90.0 Å². The number of nitrogens with one attached hydrogen (secondary N) is 1. The maximum absolute atomic E-state index is 14.4. The van der Waals surface area contributed by atoms with Crippen LogP contribution in [0.3, 0.4) is 0 Å². The fourth-order valence-corrected chi connectivity index (χ4v) is 6.02. The molecule has 8 nitrogen and oxygen atoms in total. The molecule has 0 unspecified atom stereocenters. The molecule has 1 N–H and O–H groups in total. The average molecular weight is 648 g/mol. The molecule has 232 valence electrons. The van der Waals surface area contributed by atoms with Crippen LogP contribution < -0.4 is 9.62 Å². The Hall–Kier alpha value is -3.11. The molecule has 0 aliphatic carbocycles. The Morgan fingerprint density at radius 1 is 0.907 bits per heavy atom. The van der Waals surface area contributed by atoms with Gasteiger partial charge in [0.25, 0.3) is 0 Å². The second-order valence-corrected chi connectivity index (χ2v) is 13.6. The number of anilines is 1.